The average Bonchev–Trinajstić information content (AvgIpc) is 2.02. The van der Waals surface area contributed by atoms with Crippen molar-refractivity contribution in [3.05, 3.63) is 56.6 Å². The monoisotopic (exact) mass is 197 g/mol. The molecule has 0 aliphatic rings. The summed E-state index contributed by atoms with van der Waals surface area (Å²) in [5.41, 5.74) is 0.703. The Morgan fingerprint density at radius 1 is 1.36 bits per heavy atom. The van der Waals surface area contributed by atoms with Gasteiger partial charge in [0.05, 0.1) is 12.4 Å². The van der Waals surface area contributed by atoms with Crippen LogP contribution in [0.2, 0.25) is 0 Å². The number of aryl methyl sites for hydroxylation is 1. The van der Waals surface area contributed by atoms with Gasteiger partial charge in [0.2, 0.25) is 0 Å². The van der Waals surface area contributed by atoms with Gasteiger partial charge in [-0.25, -0.2) is 0 Å². The number of rotatable bonds is 3. The lowest BCUT2D eigenvalue weighted by atomic mass is 10.3. The van der Waals surface area contributed by atoms with Gasteiger partial charge in [-0.05, 0) is 12.5 Å². The van der Waals surface area contributed by atoms with Crippen LogP contribution in [0.25, 0.3) is 0 Å². The zero-order valence-electron chi connectivity index (χ0n) is 7.28. The lowest BCUT2D eigenvalue weighted by molar-refractivity contribution is -0.909. The van der Waals surface area contributed by atoms with Gasteiger partial charge in [-0.2, -0.15) is 4.57 Å². The number of aromatic nitrogens is 1. The van der Waals surface area contributed by atoms with Crippen LogP contribution in [0, 0.1) is 33.4 Å². The second kappa shape index (κ2) is 3.69. The minimum Gasteiger partial charge on any atom is -0.260 e. The molecule has 0 saturated carbocycles. The summed E-state index contributed by atoms with van der Waals surface area (Å²) < 4.78 is 0.870. The fourth-order valence-corrected chi connectivity index (χ4v) is 0.973. The molecule has 1 aromatic heterocycles. The first-order valence-corrected chi connectivity index (χ1v) is 3.66. The molecule has 0 unspecified atom stereocenters. The molecule has 0 fully saturated rings. The van der Waals surface area contributed by atoms with Gasteiger partial charge < -0.3 is 0 Å². The Morgan fingerprint density at radius 2 is 1.93 bits per heavy atom. The predicted octanol–water partition coefficient (Wildman–Crippen LogP) is 0.131. The third kappa shape index (κ3) is 1.94. The van der Waals surface area contributed by atoms with E-state index in [0.717, 1.165) is 4.57 Å². The highest BCUT2D eigenvalue weighted by Crippen LogP contribution is 1.98. The van der Waals surface area contributed by atoms with Crippen molar-refractivity contribution in [2.75, 3.05) is 0 Å². The zero-order chi connectivity index (χ0) is 10.7. The first-order chi connectivity index (χ1) is 6.52. The van der Waals surface area contributed by atoms with Gasteiger partial charge in [-0.15, -0.1) is 0 Å². The molecule has 7 heteroatoms. The van der Waals surface area contributed by atoms with Crippen LogP contribution in [0.15, 0.2) is 24.5 Å². The van der Waals surface area contributed by atoms with Gasteiger partial charge in [0.1, 0.15) is 9.85 Å². The van der Waals surface area contributed by atoms with Crippen molar-refractivity contribution in [2.45, 2.75) is 6.92 Å². The summed E-state index contributed by atoms with van der Waals surface area (Å²) in [6, 6.07) is 3.19. The van der Waals surface area contributed by atoms with Crippen molar-refractivity contribution in [2.24, 2.45) is 0 Å². The molecular weight excluding hydrogens is 190 g/mol. The smallest absolute Gasteiger partial charge is 0.260 e. The van der Waals surface area contributed by atoms with Gasteiger partial charge in [0.25, 0.3) is 0 Å². The summed E-state index contributed by atoms with van der Waals surface area (Å²) in [5, 5.41) is 20.7. The number of pyridine rings is 1. The topological polar surface area (TPSA) is 90.2 Å². The normalized spacial score (nSPS) is 9.50. The van der Waals surface area contributed by atoms with Gasteiger partial charge in [0.15, 0.2) is 0 Å². The molecule has 0 amide bonds. The van der Waals surface area contributed by atoms with Crippen LogP contribution in [0.3, 0.4) is 0 Å². The highest BCUT2D eigenvalue weighted by atomic mass is 16.7. The average molecular weight is 197 g/mol. The second-order valence-corrected chi connectivity index (χ2v) is 2.60. The van der Waals surface area contributed by atoms with Crippen molar-refractivity contribution in [3.63, 3.8) is 0 Å². The Morgan fingerprint density at radius 3 is 2.36 bits per heavy atom. The predicted molar refractivity (Wildman–Crippen MR) is 44.0 cm³/mol. The molecule has 0 saturated heterocycles. The van der Waals surface area contributed by atoms with Gasteiger partial charge in [0, 0.05) is 0 Å². The second-order valence-electron chi connectivity index (χ2n) is 2.60. The summed E-state index contributed by atoms with van der Waals surface area (Å²) >= 11 is 0. The van der Waals surface area contributed by atoms with E-state index in [1.807, 2.05) is 0 Å². The maximum atomic E-state index is 10.4. The first kappa shape index (κ1) is 9.90. The molecule has 7 nitrogen and oxygen atoms in total. The van der Waals surface area contributed by atoms with Crippen molar-refractivity contribution in [3.8, 4) is 0 Å². The first-order valence-electron chi connectivity index (χ1n) is 3.66. The number of nitrogens with zero attached hydrogens (tertiary/aromatic N) is 3. The van der Waals surface area contributed by atoms with Gasteiger partial charge >= 0.3 is 6.29 Å². The molecule has 1 rings (SSSR count). The zero-order valence-corrected chi connectivity index (χ0v) is 7.28. The molecule has 1 aromatic rings. The molecular formula is C7H7N3O4. The third-order valence-electron chi connectivity index (χ3n) is 1.51. The summed E-state index contributed by atoms with van der Waals surface area (Å²) in [7, 11) is 0. The molecule has 0 spiro atoms. The highest BCUT2D eigenvalue weighted by molar-refractivity contribution is 5.01. The third-order valence-corrected chi connectivity index (χ3v) is 1.51. The molecule has 0 radical (unpaired) electrons. The van der Waals surface area contributed by atoms with Crippen LogP contribution >= 0.6 is 0 Å². The quantitative estimate of drug-likeness (QED) is 0.298. The minimum atomic E-state index is -1.08. The fourth-order valence-electron chi connectivity index (χ4n) is 0.973. The molecule has 74 valence electrons. The van der Waals surface area contributed by atoms with Gasteiger partial charge in [-0.1, -0.05) is 12.1 Å². The van der Waals surface area contributed by atoms with E-state index in [1.54, 1.807) is 13.0 Å². The molecule has 0 aliphatic heterocycles. The van der Waals surface area contributed by atoms with Crippen LogP contribution < -0.4 is 4.57 Å². The number of nitro groups is 2. The summed E-state index contributed by atoms with van der Waals surface area (Å²) in [5.74, 6) is 0. The van der Waals surface area contributed by atoms with E-state index in [1.165, 1.54) is 18.5 Å². The van der Waals surface area contributed by atoms with E-state index < -0.39 is 16.1 Å². The molecule has 0 atom stereocenters. The standard InChI is InChI=1S/C7H7N3O4/c1-6-3-2-4-8(5-6)7(9(11)12)10(13)14/h2-5H,1H3. The lowest BCUT2D eigenvalue weighted by Gasteiger charge is -2.01. The number of hydrogen-bond donors (Lipinski definition) is 0. The van der Waals surface area contributed by atoms with E-state index in [0.29, 0.717) is 5.56 Å². The highest BCUT2D eigenvalue weighted by Gasteiger charge is 2.41. The summed E-state index contributed by atoms with van der Waals surface area (Å²) in [6.07, 6.45) is 1.50. The summed E-state index contributed by atoms with van der Waals surface area (Å²) in [6.45, 7) is 1.69. The van der Waals surface area contributed by atoms with E-state index in [9.17, 15) is 20.2 Å². The van der Waals surface area contributed by atoms with E-state index in [-0.39, 0.29) is 0 Å². The Labute approximate surface area is 78.9 Å². The molecule has 14 heavy (non-hydrogen) atoms. The maximum absolute atomic E-state index is 10.4. The molecule has 0 aromatic carbocycles. The SMILES string of the molecule is Cc1ccc[n+]([C-]([N+](=O)[O-])[N+](=O)[O-])c1. The van der Waals surface area contributed by atoms with Crippen molar-refractivity contribution >= 4 is 0 Å². The van der Waals surface area contributed by atoms with E-state index in [4.69, 9.17) is 0 Å². The van der Waals surface area contributed by atoms with Crippen LogP contribution in [0.4, 0.5) is 0 Å². The van der Waals surface area contributed by atoms with Gasteiger partial charge in [-0.3, -0.25) is 20.2 Å². The maximum Gasteiger partial charge on any atom is 0.711 e. The van der Waals surface area contributed by atoms with Crippen LogP contribution in [0.1, 0.15) is 5.56 Å². The van der Waals surface area contributed by atoms with E-state index in [2.05, 4.69) is 0 Å². The van der Waals surface area contributed by atoms with Crippen molar-refractivity contribution in [1.82, 2.24) is 0 Å². The minimum absolute atomic E-state index is 0.703. The molecule has 0 aliphatic carbocycles. The fraction of sp³-hybridized carbons (Fsp3) is 0.143. The van der Waals surface area contributed by atoms with Crippen LogP contribution in [-0.4, -0.2) is 9.85 Å². The van der Waals surface area contributed by atoms with Crippen molar-refractivity contribution < 1.29 is 14.4 Å². The Bertz CT molecular complexity index is 365. The number of hydrogen-bond acceptors (Lipinski definition) is 4. The Balaban J connectivity index is 3.12. The Hall–Kier alpha value is -2.18. The summed E-state index contributed by atoms with van der Waals surface area (Å²) in [4.78, 5) is 18.7. The largest absolute Gasteiger partial charge is 0.711 e. The van der Waals surface area contributed by atoms with Crippen molar-refractivity contribution in [1.29, 1.82) is 0 Å². The molecule has 0 N–H and O–H groups in total. The Kier molecular flexibility index (Phi) is 2.61. The van der Waals surface area contributed by atoms with E-state index >= 15 is 0 Å². The molecule has 1 heterocycles. The van der Waals surface area contributed by atoms with Crippen LogP contribution in [0.5, 0.6) is 0 Å². The van der Waals surface area contributed by atoms with Crippen LogP contribution in [-0.2, 0) is 0 Å². The lowest BCUT2D eigenvalue weighted by Crippen LogP contribution is -2.48. The molecule has 0 bridgehead atoms.